The number of furan rings is 1. The minimum absolute atomic E-state index is 0.357. The fourth-order valence-corrected chi connectivity index (χ4v) is 2.81. The van der Waals surface area contributed by atoms with Gasteiger partial charge in [-0.3, -0.25) is 20.2 Å². The van der Waals surface area contributed by atoms with E-state index >= 15 is 0 Å². The summed E-state index contributed by atoms with van der Waals surface area (Å²) in [6, 6.07) is 11.6. The Balaban J connectivity index is 1.60. The lowest BCUT2D eigenvalue weighted by atomic mass is 10.2. The average Bonchev–Trinajstić information content (AvgIpc) is 3.32. The molecule has 27 heavy (non-hydrogen) atoms. The van der Waals surface area contributed by atoms with Crippen molar-refractivity contribution in [3.8, 4) is 11.3 Å². The van der Waals surface area contributed by atoms with Crippen LogP contribution in [0.3, 0.4) is 0 Å². The second-order valence-electron chi connectivity index (χ2n) is 5.34. The monoisotopic (exact) mass is 387 g/mol. The van der Waals surface area contributed by atoms with Crippen LogP contribution in [0.4, 0.5) is 11.0 Å². The number of carbonyl (C=O) groups excluding carboxylic acids is 2. The Kier molecular flexibility index (Phi) is 5.27. The first-order valence-electron chi connectivity index (χ1n) is 7.71. The summed E-state index contributed by atoms with van der Waals surface area (Å²) < 4.78 is 9.71. The first-order valence-corrected chi connectivity index (χ1v) is 8.59. The predicted octanol–water partition coefficient (Wildman–Crippen LogP) is 3.50. The van der Waals surface area contributed by atoms with Crippen LogP contribution in [0.5, 0.6) is 0 Å². The Bertz CT molecular complexity index is 981. The van der Waals surface area contributed by atoms with Crippen LogP contribution in [0.1, 0.15) is 17.5 Å². The van der Waals surface area contributed by atoms with Crippen molar-refractivity contribution in [3.63, 3.8) is 0 Å². The summed E-state index contributed by atoms with van der Waals surface area (Å²) in [6.45, 7) is 1.37. The normalized spacial score (nSPS) is 11.6. The molecular weight excluding hydrogens is 374 g/mol. The lowest BCUT2D eigenvalue weighted by Gasteiger charge is -2.11. The molecule has 1 atom stereocenters. The zero-order valence-corrected chi connectivity index (χ0v) is 14.8. The molecule has 138 valence electrons. The van der Waals surface area contributed by atoms with Gasteiger partial charge < -0.3 is 9.15 Å². The SMILES string of the molecule is C[C@H](OC(=O)c1ccc([N+](=O)[O-])o1)C(=O)Nc1nc(-c2ccccc2)cs1. The number of thiazole rings is 1. The summed E-state index contributed by atoms with van der Waals surface area (Å²) in [7, 11) is 0. The molecule has 0 saturated heterocycles. The highest BCUT2D eigenvalue weighted by molar-refractivity contribution is 7.14. The number of benzene rings is 1. The third-order valence-corrected chi connectivity index (χ3v) is 4.19. The summed E-state index contributed by atoms with van der Waals surface area (Å²) >= 11 is 1.23. The van der Waals surface area contributed by atoms with Gasteiger partial charge in [-0.05, 0) is 13.0 Å². The highest BCUT2D eigenvalue weighted by Gasteiger charge is 2.24. The van der Waals surface area contributed by atoms with Crippen LogP contribution in [0, 0.1) is 10.1 Å². The van der Waals surface area contributed by atoms with Crippen LogP contribution >= 0.6 is 11.3 Å². The number of ether oxygens (including phenoxy) is 1. The molecule has 1 N–H and O–H groups in total. The van der Waals surface area contributed by atoms with Gasteiger partial charge in [0.05, 0.1) is 11.8 Å². The van der Waals surface area contributed by atoms with Gasteiger partial charge in [0.15, 0.2) is 11.2 Å². The minimum Gasteiger partial charge on any atom is -0.447 e. The Morgan fingerprint density at radius 2 is 2.00 bits per heavy atom. The molecule has 0 bridgehead atoms. The standard InChI is InChI=1S/C17H13N3O6S/c1-10(25-16(22)13-7-8-14(26-13)20(23)24)15(21)19-17-18-12(9-27-17)11-5-3-2-4-6-11/h2-10H,1H3,(H,18,19,21)/t10-/m0/s1. The first kappa shape index (κ1) is 18.3. The number of nitro groups is 1. The van der Waals surface area contributed by atoms with Gasteiger partial charge in [-0.1, -0.05) is 30.3 Å². The van der Waals surface area contributed by atoms with Gasteiger partial charge in [0, 0.05) is 10.9 Å². The Labute approximate surface area is 156 Å². The molecule has 0 saturated carbocycles. The maximum Gasteiger partial charge on any atom is 0.433 e. The van der Waals surface area contributed by atoms with Crippen LogP contribution < -0.4 is 5.32 Å². The third-order valence-electron chi connectivity index (χ3n) is 3.43. The molecule has 2 aromatic heterocycles. The number of rotatable bonds is 6. The van der Waals surface area contributed by atoms with E-state index < -0.39 is 28.8 Å². The van der Waals surface area contributed by atoms with E-state index in [2.05, 4.69) is 10.3 Å². The maximum atomic E-state index is 12.2. The first-order chi connectivity index (χ1) is 12.9. The molecule has 0 aliphatic heterocycles. The molecular formula is C17H13N3O6S. The van der Waals surface area contributed by atoms with Gasteiger partial charge >= 0.3 is 11.9 Å². The van der Waals surface area contributed by atoms with E-state index in [9.17, 15) is 19.7 Å². The maximum absolute atomic E-state index is 12.2. The van der Waals surface area contributed by atoms with E-state index in [4.69, 9.17) is 9.15 Å². The number of esters is 1. The molecule has 0 aliphatic rings. The van der Waals surface area contributed by atoms with Crippen LogP contribution in [0.25, 0.3) is 11.3 Å². The predicted molar refractivity (Wildman–Crippen MR) is 96.4 cm³/mol. The van der Waals surface area contributed by atoms with Gasteiger partial charge in [-0.15, -0.1) is 11.3 Å². The van der Waals surface area contributed by atoms with E-state index in [0.717, 1.165) is 17.7 Å². The van der Waals surface area contributed by atoms with E-state index in [0.29, 0.717) is 10.8 Å². The van der Waals surface area contributed by atoms with Crippen molar-refractivity contribution in [1.82, 2.24) is 4.98 Å². The van der Waals surface area contributed by atoms with Crippen LogP contribution in [-0.2, 0) is 9.53 Å². The molecule has 0 radical (unpaired) electrons. The highest BCUT2D eigenvalue weighted by atomic mass is 32.1. The number of carbonyl (C=O) groups is 2. The lowest BCUT2D eigenvalue weighted by Crippen LogP contribution is -2.29. The van der Waals surface area contributed by atoms with E-state index in [1.807, 2.05) is 30.3 Å². The molecule has 9 nitrogen and oxygen atoms in total. The molecule has 3 aromatic rings. The number of aromatic nitrogens is 1. The second-order valence-corrected chi connectivity index (χ2v) is 6.19. The summed E-state index contributed by atoms with van der Waals surface area (Å²) in [5.41, 5.74) is 1.62. The second kappa shape index (κ2) is 7.79. The number of nitrogens with zero attached hydrogens (tertiary/aromatic N) is 2. The van der Waals surface area contributed by atoms with Crippen molar-refractivity contribution in [2.45, 2.75) is 13.0 Å². The highest BCUT2D eigenvalue weighted by Crippen LogP contribution is 2.25. The van der Waals surface area contributed by atoms with E-state index in [1.165, 1.54) is 18.3 Å². The van der Waals surface area contributed by atoms with Crippen molar-refractivity contribution in [1.29, 1.82) is 0 Å². The zero-order chi connectivity index (χ0) is 19.4. The van der Waals surface area contributed by atoms with Gasteiger partial charge in [0.1, 0.15) is 4.92 Å². The molecule has 0 spiro atoms. The smallest absolute Gasteiger partial charge is 0.433 e. The summed E-state index contributed by atoms with van der Waals surface area (Å²) in [5.74, 6) is -2.51. The number of nitrogens with one attached hydrogen (secondary N) is 1. The van der Waals surface area contributed by atoms with Gasteiger partial charge in [-0.25, -0.2) is 9.78 Å². The fraction of sp³-hybridized carbons (Fsp3) is 0.118. The molecule has 0 unspecified atom stereocenters. The van der Waals surface area contributed by atoms with Crippen molar-refractivity contribution in [2.24, 2.45) is 0 Å². The van der Waals surface area contributed by atoms with Crippen molar-refractivity contribution in [3.05, 3.63) is 63.7 Å². The van der Waals surface area contributed by atoms with Gasteiger partial charge in [0.25, 0.3) is 5.91 Å². The summed E-state index contributed by atoms with van der Waals surface area (Å²) in [4.78, 5) is 38.2. The molecule has 0 fully saturated rings. The molecule has 3 rings (SSSR count). The summed E-state index contributed by atoms with van der Waals surface area (Å²) in [6.07, 6.45) is -1.15. The van der Waals surface area contributed by atoms with Crippen molar-refractivity contribution < 1.29 is 23.7 Å². The molecule has 1 aromatic carbocycles. The number of hydrogen-bond acceptors (Lipinski definition) is 8. The van der Waals surface area contributed by atoms with Gasteiger partial charge in [0.2, 0.25) is 5.76 Å². The van der Waals surface area contributed by atoms with Crippen LogP contribution in [0.15, 0.2) is 52.3 Å². The fourth-order valence-electron chi connectivity index (χ4n) is 2.09. The summed E-state index contributed by atoms with van der Waals surface area (Å²) in [5, 5.41) is 15.3. The van der Waals surface area contributed by atoms with Crippen molar-refractivity contribution >= 4 is 34.2 Å². The molecule has 1 amide bonds. The number of anilines is 1. The number of hydrogen-bond donors (Lipinski definition) is 1. The molecule has 2 heterocycles. The lowest BCUT2D eigenvalue weighted by molar-refractivity contribution is -0.402. The Hall–Kier alpha value is -3.53. The van der Waals surface area contributed by atoms with E-state index in [-0.39, 0.29) is 5.76 Å². The van der Waals surface area contributed by atoms with E-state index in [1.54, 1.807) is 5.38 Å². The Morgan fingerprint density at radius 3 is 2.67 bits per heavy atom. The average molecular weight is 387 g/mol. The number of amides is 1. The topological polar surface area (TPSA) is 125 Å². The largest absolute Gasteiger partial charge is 0.447 e. The zero-order valence-electron chi connectivity index (χ0n) is 13.9. The third kappa shape index (κ3) is 4.36. The molecule has 10 heteroatoms. The van der Waals surface area contributed by atoms with Gasteiger partial charge in [-0.2, -0.15) is 0 Å². The quantitative estimate of drug-likeness (QED) is 0.390. The minimum atomic E-state index is -1.15. The Morgan fingerprint density at radius 1 is 1.26 bits per heavy atom. The van der Waals surface area contributed by atoms with Crippen molar-refractivity contribution in [2.75, 3.05) is 5.32 Å². The molecule has 0 aliphatic carbocycles. The van der Waals surface area contributed by atoms with Crippen LogP contribution in [0.2, 0.25) is 0 Å². The van der Waals surface area contributed by atoms with Crippen LogP contribution in [-0.4, -0.2) is 27.9 Å².